The molecule has 0 saturated carbocycles. The van der Waals surface area contributed by atoms with Crippen LogP contribution in [0.3, 0.4) is 0 Å². The Morgan fingerprint density at radius 1 is 0.791 bits per heavy atom. The topological polar surface area (TPSA) is 130 Å². The Labute approximate surface area is 261 Å². The fraction of sp³-hybridized carbons (Fsp3) is 0.531. The molecule has 43 heavy (non-hydrogen) atoms. The molecule has 10 atom stereocenters. The Morgan fingerprint density at radius 3 is 1.84 bits per heavy atom. The van der Waals surface area contributed by atoms with Crippen molar-refractivity contribution in [3.05, 3.63) is 71.8 Å². The van der Waals surface area contributed by atoms with Crippen LogP contribution in [0.2, 0.25) is 0 Å². The normalized spacial score (nSPS) is 34.7. The van der Waals surface area contributed by atoms with Gasteiger partial charge in [0.15, 0.2) is 0 Å². The first-order chi connectivity index (χ1) is 20.7. The molecule has 6 rings (SSSR count). The van der Waals surface area contributed by atoms with E-state index in [-0.39, 0.29) is 35.6 Å². The molecule has 4 aliphatic rings. The Kier molecular flexibility index (Phi) is 11.0. The number of hydrogen-bond donors (Lipinski definition) is 3. The van der Waals surface area contributed by atoms with E-state index >= 15 is 0 Å². The van der Waals surface area contributed by atoms with Crippen LogP contribution in [-0.2, 0) is 31.8 Å². The number of nitrogens with zero attached hydrogens (tertiary/aromatic N) is 2. The van der Waals surface area contributed by atoms with Crippen LogP contribution in [0, 0.1) is 11.8 Å². The lowest BCUT2D eigenvalue weighted by atomic mass is 9.83. The third kappa shape index (κ3) is 7.89. The summed E-state index contributed by atoms with van der Waals surface area (Å²) < 4.78 is 16.9. The highest BCUT2D eigenvalue weighted by Crippen LogP contribution is 2.42. The van der Waals surface area contributed by atoms with Gasteiger partial charge in [-0.1, -0.05) is 98.0 Å². The summed E-state index contributed by atoms with van der Waals surface area (Å²) >= 11 is 3.18. The van der Waals surface area contributed by atoms with E-state index in [1.807, 2.05) is 36.4 Å². The average molecular weight is 629 g/mol. The largest absolute Gasteiger partial charge is 0.463 e. The zero-order valence-corrected chi connectivity index (χ0v) is 26.2. The maximum absolute atomic E-state index is 11.1. The number of carbonyl (C=O) groups excluding carboxylic acids is 1. The third-order valence-electron chi connectivity index (χ3n) is 8.33. The molecule has 9 nitrogen and oxygen atoms in total. The van der Waals surface area contributed by atoms with Crippen LogP contribution in [0.15, 0.2) is 70.6 Å². The molecule has 0 unspecified atom stereocenters. The number of rotatable bonds is 7. The van der Waals surface area contributed by atoms with Gasteiger partial charge < -0.3 is 29.5 Å². The molecule has 0 bridgehead atoms. The third-order valence-corrected chi connectivity index (χ3v) is 10.6. The van der Waals surface area contributed by atoms with Gasteiger partial charge in [0, 0.05) is 19.8 Å². The van der Waals surface area contributed by atoms with Gasteiger partial charge in [0.25, 0.3) is 0 Å². The van der Waals surface area contributed by atoms with Gasteiger partial charge in [-0.2, -0.15) is 0 Å². The van der Waals surface area contributed by atoms with Gasteiger partial charge in [0.05, 0.1) is 28.8 Å². The summed E-state index contributed by atoms with van der Waals surface area (Å²) in [7, 11) is 0. The first-order valence-corrected chi connectivity index (χ1v) is 16.4. The zero-order valence-electron chi connectivity index (χ0n) is 24.6. The molecule has 0 radical (unpaired) electrons. The molecule has 232 valence electrons. The second-order valence-corrected chi connectivity index (χ2v) is 13.7. The van der Waals surface area contributed by atoms with Gasteiger partial charge in [-0.25, -0.2) is 0 Å². The minimum Gasteiger partial charge on any atom is -0.463 e. The number of ether oxygens (including phenoxy) is 3. The summed E-state index contributed by atoms with van der Waals surface area (Å²) in [5.74, 6) is 0.474. The number of benzene rings is 2. The highest BCUT2D eigenvalue weighted by atomic mass is 32.2. The minimum atomic E-state index is -1.10. The van der Waals surface area contributed by atoms with E-state index in [0.29, 0.717) is 24.9 Å². The maximum Gasteiger partial charge on any atom is 0.302 e. The summed E-state index contributed by atoms with van der Waals surface area (Å²) in [5.41, 5.74) is 2.13. The molecule has 4 aliphatic heterocycles. The van der Waals surface area contributed by atoms with Crippen LogP contribution >= 0.6 is 23.5 Å². The van der Waals surface area contributed by atoms with Gasteiger partial charge in [-0.05, 0) is 23.0 Å². The Hall–Kier alpha value is -2.25. The van der Waals surface area contributed by atoms with Crippen molar-refractivity contribution in [2.45, 2.75) is 81.0 Å². The monoisotopic (exact) mass is 628 g/mol. The van der Waals surface area contributed by atoms with E-state index in [0.717, 1.165) is 22.1 Å². The molecule has 4 heterocycles. The van der Waals surface area contributed by atoms with Crippen molar-refractivity contribution < 1.29 is 34.3 Å². The van der Waals surface area contributed by atoms with Crippen molar-refractivity contribution in [2.24, 2.45) is 21.8 Å². The van der Waals surface area contributed by atoms with E-state index in [2.05, 4.69) is 43.1 Å². The number of aliphatic imine (C=N–C) groups is 2. The van der Waals surface area contributed by atoms with Crippen molar-refractivity contribution in [3.63, 3.8) is 0 Å². The zero-order chi connectivity index (χ0) is 30.5. The standard InChI is InChI=1S/C18H23NO3S.C14H17NO4S/c1-11-12(2)17-18(22-15(11)10-21-13(3)20)23-16(19-17)9-14-7-5-4-6-8-14;16-7-9-12(17)13(18)11-14(19-9)20-10(15-11)6-8-4-2-1-3-5-8/h4-8,11-12,15,17-18H,9-10H2,1-3H3;1-5,9,11-14,16-18H,6-7H2/t11-,12-,15+,17+,18+;9-,11-,12-,13-,14-/m01/s1. The Morgan fingerprint density at radius 2 is 1.30 bits per heavy atom. The summed E-state index contributed by atoms with van der Waals surface area (Å²) in [6.07, 6.45) is -1.33. The highest BCUT2D eigenvalue weighted by molar-refractivity contribution is 8.14. The maximum atomic E-state index is 11.1. The first kappa shape index (κ1) is 32.2. The molecule has 2 saturated heterocycles. The molecule has 2 aromatic carbocycles. The summed E-state index contributed by atoms with van der Waals surface area (Å²) in [6, 6.07) is 20.1. The van der Waals surface area contributed by atoms with Crippen molar-refractivity contribution >= 4 is 39.6 Å². The fourth-order valence-corrected chi connectivity index (χ4v) is 8.23. The molecule has 0 aliphatic carbocycles. The fourth-order valence-electron chi connectivity index (χ4n) is 5.62. The second kappa shape index (κ2) is 14.7. The van der Waals surface area contributed by atoms with Crippen LogP contribution in [0.1, 0.15) is 31.9 Å². The Bertz CT molecular complexity index is 1280. The number of carbonyl (C=O) groups is 1. The quantitative estimate of drug-likeness (QED) is 0.395. The lowest BCUT2D eigenvalue weighted by molar-refractivity contribution is -0.164. The minimum absolute atomic E-state index is 0.0421. The van der Waals surface area contributed by atoms with E-state index in [1.54, 1.807) is 11.8 Å². The molecule has 0 spiro atoms. The molecule has 11 heteroatoms. The van der Waals surface area contributed by atoms with Gasteiger partial charge >= 0.3 is 5.97 Å². The lowest BCUT2D eigenvalue weighted by Crippen LogP contribution is -2.55. The van der Waals surface area contributed by atoms with Crippen LogP contribution < -0.4 is 0 Å². The summed E-state index contributed by atoms with van der Waals surface area (Å²) in [5, 5.41) is 31.1. The Balaban J connectivity index is 0.000000173. The summed E-state index contributed by atoms with van der Waals surface area (Å²) in [6.45, 7) is 5.84. The molecular formula is C32H40N2O7S2. The van der Waals surface area contributed by atoms with E-state index in [1.165, 1.54) is 24.2 Å². The van der Waals surface area contributed by atoms with Crippen LogP contribution in [0.25, 0.3) is 0 Å². The molecule has 2 fully saturated rings. The molecule has 3 N–H and O–H groups in total. The van der Waals surface area contributed by atoms with Gasteiger partial charge in [-0.15, -0.1) is 0 Å². The van der Waals surface area contributed by atoms with Gasteiger partial charge in [0.2, 0.25) is 0 Å². The van der Waals surface area contributed by atoms with Crippen molar-refractivity contribution in [1.29, 1.82) is 0 Å². The highest BCUT2D eigenvalue weighted by Gasteiger charge is 2.48. The average Bonchev–Trinajstić information content (AvgIpc) is 3.61. The van der Waals surface area contributed by atoms with Crippen LogP contribution in [-0.4, -0.2) is 92.0 Å². The first-order valence-electron chi connectivity index (χ1n) is 14.7. The van der Waals surface area contributed by atoms with Crippen molar-refractivity contribution in [2.75, 3.05) is 13.2 Å². The predicted octanol–water partition coefficient (Wildman–Crippen LogP) is 3.49. The number of esters is 1. The molecule has 2 aromatic rings. The molecule has 0 aromatic heterocycles. The van der Waals surface area contributed by atoms with Crippen LogP contribution in [0.5, 0.6) is 0 Å². The number of fused-ring (bicyclic) bond motifs is 2. The predicted molar refractivity (Wildman–Crippen MR) is 169 cm³/mol. The molecule has 0 amide bonds. The SMILES string of the molecule is CC(=O)OC[C@H]1O[C@@H]2SC(Cc3ccccc3)=N[C@@H]2[C@@H](C)[C@@H]1C.OC[C@H]1O[C@@H]2SC(Cc3ccccc3)=N[C@@H]2[C@@H](O)[C@@H]1O. The molecular weight excluding hydrogens is 588 g/mol. The summed E-state index contributed by atoms with van der Waals surface area (Å²) in [4.78, 5) is 20.4. The number of hydrogen-bond acceptors (Lipinski definition) is 11. The lowest BCUT2D eigenvalue weighted by Gasteiger charge is -2.40. The number of aliphatic hydroxyl groups is 3. The second-order valence-electron chi connectivity index (χ2n) is 11.4. The van der Waals surface area contributed by atoms with Gasteiger partial charge in [0.1, 0.15) is 41.8 Å². The van der Waals surface area contributed by atoms with E-state index in [4.69, 9.17) is 24.3 Å². The van der Waals surface area contributed by atoms with Gasteiger partial charge in [-0.3, -0.25) is 14.8 Å². The number of aliphatic hydroxyl groups excluding tert-OH is 3. The van der Waals surface area contributed by atoms with E-state index < -0.39 is 24.4 Å². The van der Waals surface area contributed by atoms with E-state index in [9.17, 15) is 15.0 Å². The van der Waals surface area contributed by atoms with Crippen molar-refractivity contribution in [3.8, 4) is 0 Å². The number of thioether (sulfide) groups is 2. The van der Waals surface area contributed by atoms with Crippen LogP contribution in [0.4, 0.5) is 0 Å². The smallest absolute Gasteiger partial charge is 0.302 e. The van der Waals surface area contributed by atoms with Crippen molar-refractivity contribution in [1.82, 2.24) is 0 Å².